The molecule has 6 nitrogen and oxygen atoms in total. The van der Waals surface area contributed by atoms with Gasteiger partial charge < -0.3 is 4.90 Å². The van der Waals surface area contributed by atoms with Gasteiger partial charge in [0.15, 0.2) is 5.13 Å². The highest BCUT2D eigenvalue weighted by Crippen LogP contribution is 2.31. The van der Waals surface area contributed by atoms with Crippen LogP contribution < -0.4 is 4.90 Å². The molecule has 0 aliphatic carbocycles. The Balaban J connectivity index is 1.37. The molecule has 0 bridgehead atoms. The van der Waals surface area contributed by atoms with E-state index in [1.54, 1.807) is 17.3 Å². The van der Waals surface area contributed by atoms with Crippen molar-refractivity contribution in [3.8, 4) is 0 Å². The third-order valence-electron chi connectivity index (χ3n) is 4.42. The van der Waals surface area contributed by atoms with Crippen molar-refractivity contribution in [2.75, 3.05) is 24.5 Å². The molecular weight excluding hydrogens is 312 g/mol. The van der Waals surface area contributed by atoms with E-state index in [9.17, 15) is 9.59 Å². The number of nitrogens with zero attached hydrogens (tertiary/aromatic N) is 4. The molecule has 4 heterocycles. The predicted octanol–water partition coefficient (Wildman–Crippen LogP) is 1.52. The summed E-state index contributed by atoms with van der Waals surface area (Å²) in [6.45, 7) is 1.82. The van der Waals surface area contributed by atoms with Gasteiger partial charge in [0, 0.05) is 55.4 Å². The van der Waals surface area contributed by atoms with E-state index in [0.717, 1.165) is 5.69 Å². The van der Waals surface area contributed by atoms with Crippen molar-refractivity contribution < 1.29 is 9.59 Å². The molecule has 1 unspecified atom stereocenters. The van der Waals surface area contributed by atoms with Gasteiger partial charge in [0.2, 0.25) is 11.8 Å². The molecule has 7 heteroatoms. The number of likely N-dealkylation sites (tertiary alicyclic amines) is 1. The zero-order valence-corrected chi connectivity index (χ0v) is 13.3. The lowest BCUT2D eigenvalue weighted by atomic mass is 9.93. The van der Waals surface area contributed by atoms with Gasteiger partial charge in [0.1, 0.15) is 0 Å². The van der Waals surface area contributed by atoms with E-state index in [4.69, 9.17) is 0 Å². The number of hydrogen-bond acceptors (Lipinski definition) is 5. The number of hydrogen-bond donors (Lipinski definition) is 0. The molecule has 2 saturated heterocycles. The SMILES string of the molecule is O=C(C1CC(=O)N(c2nccs2)C1)N1CC(c2ccccn2)C1. The second-order valence-corrected chi connectivity index (χ2v) is 6.79. The van der Waals surface area contributed by atoms with Gasteiger partial charge in [-0.2, -0.15) is 0 Å². The van der Waals surface area contributed by atoms with Crippen molar-refractivity contribution in [2.24, 2.45) is 5.92 Å². The van der Waals surface area contributed by atoms with Gasteiger partial charge in [-0.05, 0) is 12.1 Å². The van der Waals surface area contributed by atoms with Crippen LogP contribution in [0.5, 0.6) is 0 Å². The number of carbonyl (C=O) groups excluding carboxylic acids is 2. The fraction of sp³-hybridized carbons (Fsp3) is 0.375. The minimum absolute atomic E-state index is 0.0138. The molecule has 0 spiro atoms. The van der Waals surface area contributed by atoms with E-state index >= 15 is 0 Å². The highest BCUT2D eigenvalue weighted by Gasteiger charge is 2.41. The van der Waals surface area contributed by atoms with Gasteiger partial charge in [0.25, 0.3) is 0 Å². The molecule has 2 fully saturated rings. The lowest BCUT2D eigenvalue weighted by molar-refractivity contribution is -0.140. The number of pyridine rings is 1. The van der Waals surface area contributed by atoms with Crippen LogP contribution >= 0.6 is 11.3 Å². The molecule has 0 N–H and O–H groups in total. The normalized spacial score (nSPS) is 21.6. The number of thiazole rings is 1. The van der Waals surface area contributed by atoms with Crippen molar-refractivity contribution >= 4 is 28.3 Å². The Morgan fingerprint density at radius 3 is 2.74 bits per heavy atom. The maximum Gasteiger partial charge on any atom is 0.229 e. The van der Waals surface area contributed by atoms with Crippen LogP contribution in [0.1, 0.15) is 18.0 Å². The lowest BCUT2D eigenvalue weighted by Crippen LogP contribution is -2.51. The third-order valence-corrected chi connectivity index (χ3v) is 5.22. The van der Waals surface area contributed by atoms with Crippen LogP contribution in [0.15, 0.2) is 36.0 Å². The highest BCUT2D eigenvalue weighted by molar-refractivity contribution is 7.13. The van der Waals surface area contributed by atoms with Crippen LogP contribution in [0.25, 0.3) is 0 Å². The molecule has 2 aromatic rings. The second-order valence-electron chi connectivity index (χ2n) is 5.91. The average Bonchev–Trinajstić information content (AvgIpc) is 3.16. The average molecular weight is 328 g/mol. The first-order chi connectivity index (χ1) is 11.2. The summed E-state index contributed by atoms with van der Waals surface area (Å²) in [5, 5.41) is 2.52. The quantitative estimate of drug-likeness (QED) is 0.857. The van der Waals surface area contributed by atoms with Crippen LogP contribution in [0, 0.1) is 5.92 Å². The summed E-state index contributed by atoms with van der Waals surface area (Å²) >= 11 is 1.42. The van der Waals surface area contributed by atoms with Gasteiger partial charge in [-0.1, -0.05) is 6.07 Å². The number of rotatable bonds is 3. The lowest BCUT2D eigenvalue weighted by Gasteiger charge is -2.40. The molecule has 4 rings (SSSR count). The van der Waals surface area contributed by atoms with Crippen LogP contribution in [0.3, 0.4) is 0 Å². The largest absolute Gasteiger partial charge is 0.341 e. The van der Waals surface area contributed by atoms with Gasteiger partial charge in [0.05, 0.1) is 5.92 Å². The van der Waals surface area contributed by atoms with E-state index in [0.29, 0.717) is 30.7 Å². The Labute approximate surface area is 137 Å². The van der Waals surface area contributed by atoms with Gasteiger partial charge >= 0.3 is 0 Å². The third kappa shape index (κ3) is 2.61. The molecule has 1 atom stereocenters. The summed E-state index contributed by atoms with van der Waals surface area (Å²) in [5.41, 5.74) is 1.03. The number of carbonyl (C=O) groups is 2. The van der Waals surface area contributed by atoms with Crippen molar-refractivity contribution in [3.63, 3.8) is 0 Å². The van der Waals surface area contributed by atoms with Gasteiger partial charge in [-0.25, -0.2) is 4.98 Å². The zero-order valence-electron chi connectivity index (χ0n) is 12.5. The van der Waals surface area contributed by atoms with E-state index in [2.05, 4.69) is 9.97 Å². The molecule has 2 aliphatic heterocycles. The monoisotopic (exact) mass is 328 g/mol. The molecule has 23 heavy (non-hydrogen) atoms. The Bertz CT molecular complexity index is 713. The van der Waals surface area contributed by atoms with Crippen molar-refractivity contribution in [3.05, 3.63) is 41.7 Å². The number of aromatic nitrogens is 2. The summed E-state index contributed by atoms with van der Waals surface area (Å²) in [6, 6.07) is 5.85. The molecule has 0 aromatic carbocycles. The Hall–Kier alpha value is -2.28. The molecule has 0 saturated carbocycles. The van der Waals surface area contributed by atoms with Crippen molar-refractivity contribution in [2.45, 2.75) is 12.3 Å². The summed E-state index contributed by atoms with van der Waals surface area (Å²) < 4.78 is 0. The predicted molar refractivity (Wildman–Crippen MR) is 86.1 cm³/mol. The molecule has 2 amide bonds. The second kappa shape index (κ2) is 5.73. The van der Waals surface area contributed by atoms with Crippen LogP contribution in [0.2, 0.25) is 0 Å². The maximum atomic E-state index is 12.6. The summed E-state index contributed by atoms with van der Waals surface area (Å²) in [7, 11) is 0. The van der Waals surface area contributed by atoms with Gasteiger partial charge in [-0.15, -0.1) is 11.3 Å². The Morgan fingerprint density at radius 2 is 2.04 bits per heavy atom. The van der Waals surface area contributed by atoms with Crippen molar-refractivity contribution in [1.82, 2.24) is 14.9 Å². The molecular formula is C16H16N4O2S. The Morgan fingerprint density at radius 1 is 1.17 bits per heavy atom. The summed E-state index contributed by atoms with van der Waals surface area (Å²) in [5.74, 6) is 0.119. The summed E-state index contributed by atoms with van der Waals surface area (Å²) in [6.07, 6.45) is 3.74. The van der Waals surface area contributed by atoms with Gasteiger partial charge in [-0.3, -0.25) is 19.5 Å². The standard InChI is InChI=1S/C16H16N4O2S/c21-14-7-11(10-20(14)16-18-5-6-23-16)15(22)19-8-12(9-19)13-3-1-2-4-17-13/h1-6,11-12H,7-10H2. The molecule has 118 valence electrons. The smallest absolute Gasteiger partial charge is 0.229 e. The van der Waals surface area contributed by atoms with E-state index in [-0.39, 0.29) is 24.2 Å². The first-order valence-corrected chi connectivity index (χ1v) is 8.50. The highest BCUT2D eigenvalue weighted by atomic mass is 32.1. The minimum atomic E-state index is -0.254. The molecule has 0 radical (unpaired) electrons. The first kappa shape index (κ1) is 14.3. The minimum Gasteiger partial charge on any atom is -0.341 e. The molecule has 2 aromatic heterocycles. The molecule has 2 aliphatic rings. The number of amides is 2. The topological polar surface area (TPSA) is 66.4 Å². The fourth-order valence-electron chi connectivity index (χ4n) is 3.13. The number of anilines is 1. The van der Waals surface area contributed by atoms with Crippen LogP contribution in [-0.2, 0) is 9.59 Å². The van der Waals surface area contributed by atoms with E-state index < -0.39 is 0 Å². The van der Waals surface area contributed by atoms with Crippen LogP contribution in [-0.4, -0.2) is 46.3 Å². The maximum absolute atomic E-state index is 12.6. The summed E-state index contributed by atoms with van der Waals surface area (Å²) in [4.78, 5) is 36.7. The first-order valence-electron chi connectivity index (χ1n) is 7.62. The van der Waals surface area contributed by atoms with E-state index in [1.165, 1.54) is 11.3 Å². The Kier molecular flexibility index (Phi) is 3.57. The fourth-order valence-corrected chi connectivity index (χ4v) is 3.80. The van der Waals surface area contributed by atoms with Crippen molar-refractivity contribution in [1.29, 1.82) is 0 Å². The van der Waals surface area contributed by atoms with Crippen LogP contribution in [0.4, 0.5) is 5.13 Å². The zero-order chi connectivity index (χ0) is 15.8. The van der Waals surface area contributed by atoms with E-state index in [1.807, 2.05) is 28.5 Å².